The first-order valence-corrected chi connectivity index (χ1v) is 3.48. The van der Waals surface area contributed by atoms with Crippen molar-refractivity contribution in [1.82, 2.24) is 0 Å². The van der Waals surface area contributed by atoms with E-state index < -0.39 is 5.97 Å². The first-order valence-electron chi connectivity index (χ1n) is 3.48. The van der Waals surface area contributed by atoms with E-state index in [1.165, 1.54) is 0 Å². The normalized spacial score (nSPS) is 10.6. The van der Waals surface area contributed by atoms with Gasteiger partial charge in [0, 0.05) is 0 Å². The predicted octanol–water partition coefficient (Wildman–Crippen LogP) is 2.21. The molecular formula is C8H12N2O2. The van der Waals surface area contributed by atoms with Crippen molar-refractivity contribution in [1.29, 1.82) is 0 Å². The predicted molar refractivity (Wildman–Crippen MR) is 45.6 cm³/mol. The number of hydrogen-bond donors (Lipinski definition) is 1. The fourth-order valence-corrected chi connectivity index (χ4v) is 0.283. The van der Waals surface area contributed by atoms with Crippen LogP contribution in [0.3, 0.4) is 0 Å². The van der Waals surface area contributed by atoms with Gasteiger partial charge in [0.1, 0.15) is 0 Å². The third-order valence-electron chi connectivity index (χ3n) is 1.21. The lowest BCUT2D eigenvalue weighted by Crippen LogP contribution is -1.95. The molecule has 0 aromatic carbocycles. The van der Waals surface area contributed by atoms with Crippen molar-refractivity contribution in [3.8, 4) is 0 Å². The summed E-state index contributed by atoms with van der Waals surface area (Å²) >= 11 is 0. The molecule has 0 saturated carbocycles. The zero-order valence-electron chi connectivity index (χ0n) is 7.24. The smallest absolute Gasteiger partial charge is 0.355 e. The molecule has 0 heterocycles. The molecule has 0 atom stereocenters. The molecule has 0 rings (SSSR count). The van der Waals surface area contributed by atoms with Crippen LogP contribution in [0.4, 0.5) is 0 Å². The molecule has 0 aliphatic carbocycles. The van der Waals surface area contributed by atoms with Crippen LogP contribution in [0.1, 0.15) is 13.8 Å². The quantitative estimate of drug-likeness (QED) is 0.516. The van der Waals surface area contributed by atoms with Crippen LogP contribution in [0.5, 0.6) is 0 Å². The highest BCUT2D eigenvalue weighted by molar-refractivity contribution is 5.85. The maximum atomic E-state index is 10.2. The summed E-state index contributed by atoms with van der Waals surface area (Å²) in [6.45, 7) is 10.6. The lowest BCUT2D eigenvalue weighted by atomic mass is 10.2. The van der Waals surface area contributed by atoms with Crippen molar-refractivity contribution >= 4 is 5.97 Å². The number of nitrogens with zero attached hydrogens (tertiary/aromatic N) is 2. The molecule has 0 radical (unpaired) electrons. The molecular weight excluding hydrogens is 156 g/mol. The molecule has 0 spiro atoms. The van der Waals surface area contributed by atoms with Crippen molar-refractivity contribution in [3.05, 3.63) is 24.6 Å². The second-order valence-electron chi connectivity index (χ2n) is 2.60. The van der Waals surface area contributed by atoms with Crippen molar-refractivity contribution in [3.63, 3.8) is 0 Å². The van der Waals surface area contributed by atoms with Crippen LogP contribution >= 0.6 is 0 Å². The number of carboxylic acid groups (broad SMARTS) is 1. The molecule has 0 fully saturated rings. The number of aliphatic carboxylic acids is 1. The number of allylic oxidation sites excluding steroid dienone is 1. The molecule has 0 bridgehead atoms. The van der Waals surface area contributed by atoms with Gasteiger partial charge in [0.2, 0.25) is 0 Å². The summed E-state index contributed by atoms with van der Waals surface area (Å²) in [4.78, 5) is 10.2. The van der Waals surface area contributed by atoms with Crippen LogP contribution in [0.15, 0.2) is 34.8 Å². The van der Waals surface area contributed by atoms with Gasteiger partial charge in [0.05, 0.1) is 5.70 Å². The van der Waals surface area contributed by atoms with E-state index in [4.69, 9.17) is 5.11 Å². The number of carbonyl (C=O) groups is 1. The molecule has 0 saturated heterocycles. The van der Waals surface area contributed by atoms with Gasteiger partial charge in [-0.1, -0.05) is 27.0 Å². The summed E-state index contributed by atoms with van der Waals surface area (Å²) < 4.78 is 0. The van der Waals surface area contributed by atoms with Gasteiger partial charge in [-0.2, -0.15) is 5.11 Å². The maximum Gasteiger partial charge on any atom is 0.355 e. The van der Waals surface area contributed by atoms with Crippen LogP contribution in [0.25, 0.3) is 0 Å². The average Bonchev–Trinajstić information content (AvgIpc) is 1.98. The Morgan fingerprint density at radius 2 is 1.83 bits per heavy atom. The van der Waals surface area contributed by atoms with E-state index in [0.29, 0.717) is 5.70 Å². The highest BCUT2D eigenvalue weighted by Gasteiger charge is 2.02. The average molecular weight is 168 g/mol. The van der Waals surface area contributed by atoms with Crippen LogP contribution < -0.4 is 0 Å². The minimum atomic E-state index is -1.17. The van der Waals surface area contributed by atoms with Gasteiger partial charge < -0.3 is 5.11 Å². The lowest BCUT2D eigenvalue weighted by Gasteiger charge is -1.99. The van der Waals surface area contributed by atoms with Gasteiger partial charge in [-0.05, 0) is 5.92 Å². The molecule has 4 heteroatoms. The minimum absolute atomic E-state index is 0.162. The van der Waals surface area contributed by atoms with Crippen molar-refractivity contribution in [2.24, 2.45) is 16.1 Å². The van der Waals surface area contributed by atoms with E-state index in [1.54, 1.807) is 0 Å². The molecule has 0 aliphatic heterocycles. The van der Waals surface area contributed by atoms with E-state index in [0.717, 1.165) is 0 Å². The minimum Gasteiger partial charge on any atom is -0.476 e. The molecule has 1 N–H and O–H groups in total. The van der Waals surface area contributed by atoms with Crippen LogP contribution in [-0.2, 0) is 4.79 Å². The Labute approximate surface area is 71.3 Å². The van der Waals surface area contributed by atoms with E-state index >= 15 is 0 Å². The number of rotatable bonds is 4. The lowest BCUT2D eigenvalue weighted by molar-refractivity contribution is -0.132. The zero-order valence-corrected chi connectivity index (χ0v) is 7.24. The second-order valence-corrected chi connectivity index (χ2v) is 2.60. The van der Waals surface area contributed by atoms with Gasteiger partial charge in [-0.25, -0.2) is 4.79 Å². The molecule has 0 unspecified atom stereocenters. The van der Waals surface area contributed by atoms with E-state index in [-0.39, 0.29) is 11.6 Å². The number of carboxylic acids is 1. The largest absolute Gasteiger partial charge is 0.476 e. The standard InChI is InChI=1S/C8H12N2O2/c1-5(2)6(3)9-10-7(4)8(11)12/h5H,3-4H2,1-2H3,(H,11,12). The fourth-order valence-electron chi connectivity index (χ4n) is 0.283. The summed E-state index contributed by atoms with van der Waals surface area (Å²) in [6, 6.07) is 0. The van der Waals surface area contributed by atoms with Crippen molar-refractivity contribution < 1.29 is 9.90 Å². The molecule has 4 nitrogen and oxygen atoms in total. The summed E-state index contributed by atoms with van der Waals surface area (Å²) in [5, 5.41) is 15.3. The van der Waals surface area contributed by atoms with Crippen molar-refractivity contribution in [2.45, 2.75) is 13.8 Å². The van der Waals surface area contributed by atoms with Crippen LogP contribution in [0, 0.1) is 5.92 Å². The second kappa shape index (κ2) is 4.43. The summed E-state index contributed by atoms with van der Waals surface area (Å²) in [7, 11) is 0. The molecule has 0 aliphatic rings. The van der Waals surface area contributed by atoms with Crippen LogP contribution in [-0.4, -0.2) is 11.1 Å². The van der Waals surface area contributed by atoms with Gasteiger partial charge in [-0.3, -0.25) is 0 Å². The first kappa shape index (κ1) is 10.6. The Morgan fingerprint density at radius 1 is 1.33 bits per heavy atom. The van der Waals surface area contributed by atoms with Gasteiger partial charge >= 0.3 is 5.97 Å². The highest BCUT2D eigenvalue weighted by atomic mass is 16.4. The molecule has 0 aromatic rings. The van der Waals surface area contributed by atoms with E-state index in [9.17, 15) is 4.79 Å². The fraction of sp³-hybridized carbons (Fsp3) is 0.375. The Bertz CT molecular complexity index is 241. The van der Waals surface area contributed by atoms with Crippen LogP contribution in [0.2, 0.25) is 0 Å². The third-order valence-corrected chi connectivity index (χ3v) is 1.21. The Hall–Kier alpha value is -1.45. The van der Waals surface area contributed by atoms with E-state index in [1.807, 2.05) is 13.8 Å². The summed E-state index contributed by atoms with van der Waals surface area (Å²) in [6.07, 6.45) is 0. The van der Waals surface area contributed by atoms with E-state index in [2.05, 4.69) is 23.4 Å². The van der Waals surface area contributed by atoms with Gasteiger partial charge in [-0.15, -0.1) is 5.11 Å². The topological polar surface area (TPSA) is 62.0 Å². The first-order chi connectivity index (χ1) is 5.45. The third kappa shape index (κ3) is 3.65. The highest BCUT2D eigenvalue weighted by Crippen LogP contribution is 2.09. The van der Waals surface area contributed by atoms with Gasteiger partial charge in [0.25, 0.3) is 0 Å². The summed E-state index contributed by atoms with van der Waals surface area (Å²) in [5.41, 5.74) is 0.259. The molecule has 66 valence electrons. The molecule has 12 heavy (non-hydrogen) atoms. The Kier molecular flexibility index (Phi) is 3.90. The number of hydrogen-bond acceptors (Lipinski definition) is 3. The van der Waals surface area contributed by atoms with Crippen molar-refractivity contribution in [2.75, 3.05) is 0 Å². The Morgan fingerprint density at radius 3 is 2.17 bits per heavy atom. The Balaban J connectivity index is 4.17. The maximum absolute atomic E-state index is 10.2. The molecule has 0 aromatic heterocycles. The molecule has 0 amide bonds. The number of azo groups is 1. The van der Waals surface area contributed by atoms with Gasteiger partial charge in [0.15, 0.2) is 5.70 Å². The summed E-state index contributed by atoms with van der Waals surface area (Å²) in [5.74, 6) is -1.01. The SMILES string of the molecule is C=C(N=NC(=C)C(C)C)C(=O)O. The monoisotopic (exact) mass is 168 g/mol. The zero-order chi connectivity index (χ0) is 9.72.